The molecule has 0 aromatic heterocycles. The van der Waals surface area contributed by atoms with Gasteiger partial charge in [0.1, 0.15) is 5.82 Å². The molecule has 6 nitrogen and oxygen atoms in total. The molecule has 2 aromatic carbocycles. The summed E-state index contributed by atoms with van der Waals surface area (Å²) in [4.78, 5) is 14.7. The normalized spacial score (nSPS) is 27.8. The molecule has 1 atom stereocenters. The molecule has 5 rings (SSSR count). The molecule has 1 saturated heterocycles. The summed E-state index contributed by atoms with van der Waals surface area (Å²) in [6, 6.07) is 10.3. The van der Waals surface area contributed by atoms with Crippen molar-refractivity contribution >= 4 is 15.9 Å². The van der Waals surface area contributed by atoms with Gasteiger partial charge in [0.05, 0.1) is 11.5 Å². The summed E-state index contributed by atoms with van der Waals surface area (Å²) in [5.41, 5.74) is 0.185. The van der Waals surface area contributed by atoms with Gasteiger partial charge in [0.25, 0.3) is 11.8 Å². The Morgan fingerprint density at radius 2 is 1.78 bits per heavy atom. The summed E-state index contributed by atoms with van der Waals surface area (Å²) < 4.78 is 76.3. The number of rotatable bonds is 5. The van der Waals surface area contributed by atoms with Crippen LogP contribution in [-0.4, -0.2) is 61.9 Å². The first kappa shape index (κ1) is 25.2. The Morgan fingerprint density at radius 3 is 2.42 bits per heavy atom. The van der Waals surface area contributed by atoms with E-state index in [4.69, 9.17) is 4.74 Å². The van der Waals surface area contributed by atoms with Gasteiger partial charge >= 0.3 is 0 Å². The van der Waals surface area contributed by atoms with Crippen LogP contribution in [0.2, 0.25) is 0 Å². The third kappa shape index (κ3) is 4.13. The van der Waals surface area contributed by atoms with Gasteiger partial charge in [0, 0.05) is 42.6 Å². The summed E-state index contributed by atoms with van der Waals surface area (Å²) in [7, 11) is -2.67. The van der Waals surface area contributed by atoms with Gasteiger partial charge in [-0.1, -0.05) is 29.8 Å². The Bertz CT molecular complexity index is 1290. The van der Waals surface area contributed by atoms with Gasteiger partial charge < -0.3 is 9.64 Å². The molecule has 2 saturated carbocycles. The van der Waals surface area contributed by atoms with E-state index in [1.807, 2.05) is 0 Å². The summed E-state index contributed by atoms with van der Waals surface area (Å²) in [6.07, 6.45) is 0.0896. The average Bonchev–Trinajstić information content (AvgIpc) is 3.16. The van der Waals surface area contributed by atoms with Crippen LogP contribution in [0, 0.1) is 18.2 Å². The smallest absolute Gasteiger partial charge is 0.268 e. The Labute approximate surface area is 209 Å². The maximum Gasteiger partial charge on any atom is 0.268 e. The van der Waals surface area contributed by atoms with E-state index in [1.165, 1.54) is 29.2 Å². The van der Waals surface area contributed by atoms with Gasteiger partial charge in [-0.25, -0.2) is 21.6 Å². The van der Waals surface area contributed by atoms with Gasteiger partial charge in [-0.3, -0.25) is 4.79 Å². The monoisotopic (exact) mass is 522 g/mol. The number of sulfonamides is 1. The number of hydrogen-bond acceptors (Lipinski definition) is 4. The van der Waals surface area contributed by atoms with E-state index in [0.717, 1.165) is 9.87 Å². The molecule has 2 aromatic rings. The van der Waals surface area contributed by atoms with Crippen molar-refractivity contribution in [3.63, 3.8) is 0 Å². The number of aryl methyl sites for hydroxylation is 1. The Hall–Kier alpha value is -2.43. The van der Waals surface area contributed by atoms with Gasteiger partial charge in [-0.05, 0) is 50.8 Å². The number of carbonyl (C=O) groups is 1. The molecular weight excluding hydrogens is 493 g/mol. The zero-order chi connectivity index (χ0) is 25.9. The van der Waals surface area contributed by atoms with E-state index in [9.17, 15) is 26.4 Å². The SMILES string of the molecule is Cc1ccc(S(=O)(=O)N2CCOC2C(=O)N(C)C2CCC3(CC2)CC3(F)F)c(-c2ccccc2F)c1. The van der Waals surface area contributed by atoms with Crippen LogP contribution in [0.4, 0.5) is 13.2 Å². The minimum absolute atomic E-state index is 0.0306. The van der Waals surface area contributed by atoms with Crippen molar-refractivity contribution in [3.05, 3.63) is 53.8 Å². The molecule has 3 aliphatic rings. The molecule has 0 N–H and O–H groups in total. The molecule has 1 unspecified atom stereocenters. The number of halogens is 3. The Kier molecular flexibility index (Phi) is 6.20. The first-order valence-corrected chi connectivity index (χ1v) is 13.5. The minimum Gasteiger partial charge on any atom is -0.351 e. The zero-order valence-corrected chi connectivity index (χ0v) is 21.0. The Balaban J connectivity index is 1.39. The summed E-state index contributed by atoms with van der Waals surface area (Å²) in [5.74, 6) is -3.70. The molecule has 2 aliphatic carbocycles. The number of carbonyl (C=O) groups excluding carboxylic acids is 1. The zero-order valence-electron chi connectivity index (χ0n) is 20.2. The van der Waals surface area contributed by atoms with Crippen LogP contribution in [0.1, 0.15) is 37.7 Å². The van der Waals surface area contributed by atoms with Crippen molar-refractivity contribution < 1.29 is 31.1 Å². The fourth-order valence-corrected chi connectivity index (χ4v) is 7.26. The first-order chi connectivity index (χ1) is 17.0. The van der Waals surface area contributed by atoms with Crippen LogP contribution >= 0.6 is 0 Å². The number of ether oxygens (including phenoxy) is 1. The molecular formula is C26H29F3N2O4S. The summed E-state index contributed by atoms with van der Waals surface area (Å²) >= 11 is 0. The molecule has 3 fully saturated rings. The highest BCUT2D eigenvalue weighted by Gasteiger charge is 2.70. The van der Waals surface area contributed by atoms with E-state index in [1.54, 1.807) is 32.2 Å². The van der Waals surface area contributed by atoms with E-state index < -0.39 is 39.3 Å². The second-order valence-electron chi connectivity index (χ2n) is 10.2. The van der Waals surface area contributed by atoms with Crippen molar-refractivity contribution in [1.29, 1.82) is 0 Å². The maximum atomic E-state index is 14.6. The molecule has 1 amide bonds. The molecule has 10 heteroatoms. The highest BCUT2D eigenvalue weighted by atomic mass is 32.2. The van der Waals surface area contributed by atoms with E-state index in [-0.39, 0.29) is 41.6 Å². The number of alkyl halides is 2. The fourth-order valence-electron chi connectivity index (χ4n) is 5.60. The molecule has 1 heterocycles. The second-order valence-corrected chi connectivity index (χ2v) is 12.0. The quantitative estimate of drug-likeness (QED) is 0.577. The van der Waals surface area contributed by atoms with Crippen LogP contribution in [0.15, 0.2) is 47.4 Å². The van der Waals surface area contributed by atoms with Crippen LogP contribution in [0.25, 0.3) is 11.1 Å². The highest BCUT2D eigenvalue weighted by molar-refractivity contribution is 7.89. The van der Waals surface area contributed by atoms with E-state index in [0.29, 0.717) is 25.7 Å². The number of benzene rings is 2. The van der Waals surface area contributed by atoms with Crippen LogP contribution in [0.5, 0.6) is 0 Å². The van der Waals surface area contributed by atoms with E-state index in [2.05, 4.69) is 0 Å². The predicted molar refractivity (Wildman–Crippen MR) is 127 cm³/mol. The van der Waals surface area contributed by atoms with Gasteiger partial charge in [0.2, 0.25) is 16.3 Å². The fraction of sp³-hybridized carbons (Fsp3) is 0.500. The standard InChI is InChI=1S/C26H29F3N2O4S/c1-17-7-8-22(20(15-17)19-5-3-4-6-21(19)27)36(33,34)31-13-14-35-24(31)23(32)30(2)18-9-11-25(12-10-18)16-26(25,28)29/h3-8,15,18,24H,9-14,16H2,1-2H3. The van der Waals surface area contributed by atoms with Gasteiger partial charge in [-0.2, -0.15) is 4.31 Å². The second kappa shape index (κ2) is 8.85. The molecule has 1 aliphatic heterocycles. The molecule has 194 valence electrons. The number of amides is 1. The Morgan fingerprint density at radius 1 is 1.11 bits per heavy atom. The lowest BCUT2D eigenvalue weighted by atomic mass is 9.82. The average molecular weight is 523 g/mol. The summed E-state index contributed by atoms with van der Waals surface area (Å²) in [6.45, 7) is 1.79. The molecule has 36 heavy (non-hydrogen) atoms. The molecule has 0 bridgehead atoms. The first-order valence-electron chi connectivity index (χ1n) is 12.1. The largest absolute Gasteiger partial charge is 0.351 e. The number of hydrogen-bond donors (Lipinski definition) is 0. The number of nitrogens with zero attached hydrogens (tertiary/aromatic N) is 2. The summed E-state index contributed by atoms with van der Waals surface area (Å²) in [5, 5.41) is 0. The van der Waals surface area contributed by atoms with Crippen molar-refractivity contribution in [2.45, 2.75) is 62.1 Å². The molecule has 0 radical (unpaired) electrons. The van der Waals surface area contributed by atoms with Gasteiger partial charge in [0.15, 0.2) is 0 Å². The van der Waals surface area contributed by atoms with Crippen molar-refractivity contribution in [2.75, 3.05) is 20.2 Å². The maximum absolute atomic E-state index is 14.6. The van der Waals surface area contributed by atoms with Crippen molar-refractivity contribution in [1.82, 2.24) is 9.21 Å². The predicted octanol–water partition coefficient (Wildman–Crippen LogP) is 4.57. The van der Waals surface area contributed by atoms with Crippen molar-refractivity contribution in [3.8, 4) is 11.1 Å². The van der Waals surface area contributed by atoms with Crippen LogP contribution in [-0.2, 0) is 19.6 Å². The molecule has 1 spiro atoms. The minimum atomic E-state index is -4.24. The highest BCUT2D eigenvalue weighted by Crippen LogP contribution is 2.67. The van der Waals surface area contributed by atoms with Gasteiger partial charge in [-0.15, -0.1) is 0 Å². The topological polar surface area (TPSA) is 66.9 Å². The third-order valence-corrected chi connectivity index (χ3v) is 9.87. The van der Waals surface area contributed by atoms with E-state index >= 15 is 0 Å². The number of likely N-dealkylation sites (N-methyl/N-ethyl adjacent to an activating group) is 1. The lowest BCUT2D eigenvalue weighted by Gasteiger charge is -2.36. The van der Waals surface area contributed by atoms with Crippen LogP contribution < -0.4 is 0 Å². The van der Waals surface area contributed by atoms with Crippen molar-refractivity contribution in [2.24, 2.45) is 5.41 Å². The lowest BCUT2D eigenvalue weighted by Crippen LogP contribution is -2.51. The lowest BCUT2D eigenvalue weighted by molar-refractivity contribution is -0.146. The third-order valence-electron chi connectivity index (χ3n) is 7.96. The van der Waals surface area contributed by atoms with Crippen LogP contribution in [0.3, 0.4) is 0 Å².